The van der Waals surface area contributed by atoms with Crippen LogP contribution in [0.1, 0.15) is 9.67 Å². The molecule has 2 rings (SSSR count). The number of carbonyl (C=O) groups is 1. The molecule has 3 nitrogen and oxygen atoms in total. The molecular formula is C8H5ClN2OS. The zero-order valence-corrected chi connectivity index (χ0v) is 8.05. The lowest BCUT2D eigenvalue weighted by atomic mass is 10.4. The summed E-state index contributed by atoms with van der Waals surface area (Å²) in [5.74, 6) is 0. The summed E-state index contributed by atoms with van der Waals surface area (Å²) in [6.45, 7) is 0. The third-order valence-electron chi connectivity index (χ3n) is 1.54. The fraction of sp³-hybridized carbons (Fsp3) is 0. The highest BCUT2D eigenvalue weighted by atomic mass is 35.5. The van der Waals surface area contributed by atoms with Gasteiger partial charge in [-0.1, -0.05) is 11.6 Å². The van der Waals surface area contributed by atoms with Crippen LogP contribution in [0.25, 0.3) is 5.69 Å². The van der Waals surface area contributed by atoms with Crippen LogP contribution in [-0.2, 0) is 0 Å². The van der Waals surface area contributed by atoms with Gasteiger partial charge in [0.15, 0.2) is 6.29 Å². The summed E-state index contributed by atoms with van der Waals surface area (Å²) in [6.07, 6.45) is 4.07. The monoisotopic (exact) mass is 212 g/mol. The minimum Gasteiger partial charge on any atom is -0.297 e. The molecule has 0 saturated heterocycles. The van der Waals surface area contributed by atoms with Gasteiger partial charge in [-0.25, -0.2) is 4.68 Å². The maximum Gasteiger partial charge on any atom is 0.160 e. The quantitative estimate of drug-likeness (QED) is 0.717. The highest BCUT2D eigenvalue weighted by Gasteiger charge is 2.02. The third-order valence-corrected chi connectivity index (χ3v) is 2.58. The van der Waals surface area contributed by atoms with Crippen molar-refractivity contribution in [2.45, 2.75) is 0 Å². The minimum absolute atomic E-state index is 0.582. The Morgan fingerprint density at radius 2 is 2.46 bits per heavy atom. The van der Waals surface area contributed by atoms with Crippen molar-refractivity contribution in [3.8, 4) is 5.69 Å². The lowest BCUT2D eigenvalue weighted by Gasteiger charge is -1.92. The Kier molecular flexibility index (Phi) is 2.16. The van der Waals surface area contributed by atoms with Gasteiger partial charge in [-0.05, 0) is 6.07 Å². The lowest BCUT2D eigenvalue weighted by molar-refractivity contribution is 0.112. The third kappa shape index (κ3) is 1.64. The molecular weight excluding hydrogens is 208 g/mol. The largest absolute Gasteiger partial charge is 0.297 e. The molecule has 2 aromatic heterocycles. The molecule has 0 fully saturated rings. The van der Waals surface area contributed by atoms with Crippen LogP contribution < -0.4 is 0 Å². The molecule has 0 aliphatic heterocycles. The molecule has 0 bridgehead atoms. The van der Waals surface area contributed by atoms with E-state index < -0.39 is 0 Å². The van der Waals surface area contributed by atoms with Crippen molar-refractivity contribution >= 4 is 29.2 Å². The zero-order chi connectivity index (χ0) is 9.26. The van der Waals surface area contributed by atoms with Crippen LogP contribution in [0.3, 0.4) is 0 Å². The van der Waals surface area contributed by atoms with Crippen LogP contribution in [0.15, 0.2) is 23.8 Å². The Labute approximate surface area is 83.6 Å². The van der Waals surface area contributed by atoms with Gasteiger partial charge < -0.3 is 0 Å². The number of hydrogen-bond donors (Lipinski definition) is 0. The van der Waals surface area contributed by atoms with E-state index in [0.717, 1.165) is 12.0 Å². The van der Waals surface area contributed by atoms with Crippen molar-refractivity contribution in [1.29, 1.82) is 0 Å². The van der Waals surface area contributed by atoms with Gasteiger partial charge in [0.1, 0.15) is 0 Å². The summed E-state index contributed by atoms with van der Waals surface area (Å²) in [4.78, 5) is 11.1. The molecule has 2 aromatic rings. The van der Waals surface area contributed by atoms with E-state index in [4.69, 9.17) is 11.6 Å². The normalized spacial score (nSPS) is 10.2. The van der Waals surface area contributed by atoms with Crippen LogP contribution in [0.4, 0.5) is 0 Å². The SMILES string of the molecule is O=Cc1cc(-n2cc(Cl)cn2)cs1. The summed E-state index contributed by atoms with van der Waals surface area (Å²) < 4.78 is 1.63. The number of hydrogen-bond acceptors (Lipinski definition) is 3. The maximum atomic E-state index is 10.4. The first-order valence-corrected chi connectivity index (χ1v) is 4.79. The van der Waals surface area contributed by atoms with E-state index in [2.05, 4.69) is 5.10 Å². The summed E-state index contributed by atoms with van der Waals surface area (Å²) in [5, 5.41) is 6.45. The highest BCUT2D eigenvalue weighted by molar-refractivity contribution is 7.12. The second kappa shape index (κ2) is 3.32. The van der Waals surface area contributed by atoms with Gasteiger partial charge in [-0.15, -0.1) is 11.3 Å². The number of thiophene rings is 1. The summed E-state index contributed by atoms with van der Waals surface area (Å²) in [5.41, 5.74) is 0.860. The van der Waals surface area contributed by atoms with Crippen molar-refractivity contribution in [3.05, 3.63) is 33.7 Å². The van der Waals surface area contributed by atoms with E-state index >= 15 is 0 Å². The molecule has 5 heteroatoms. The molecule has 0 N–H and O–H groups in total. The highest BCUT2D eigenvalue weighted by Crippen LogP contribution is 2.17. The summed E-state index contributed by atoms with van der Waals surface area (Å²) in [7, 11) is 0. The second-order valence-electron chi connectivity index (χ2n) is 2.43. The van der Waals surface area contributed by atoms with Gasteiger partial charge in [-0.3, -0.25) is 4.79 Å². The van der Waals surface area contributed by atoms with Crippen molar-refractivity contribution < 1.29 is 4.79 Å². The Balaban J connectivity index is 2.40. The number of rotatable bonds is 2. The second-order valence-corrected chi connectivity index (χ2v) is 3.81. The van der Waals surface area contributed by atoms with Crippen LogP contribution in [-0.4, -0.2) is 16.1 Å². The standard InChI is InChI=1S/C8H5ClN2OS/c9-6-2-10-11(3-6)7-1-8(4-12)13-5-7/h1-5H. The first kappa shape index (κ1) is 8.47. The average Bonchev–Trinajstić information content (AvgIpc) is 2.71. The van der Waals surface area contributed by atoms with E-state index in [1.54, 1.807) is 23.1 Å². The molecule has 0 saturated carbocycles. The van der Waals surface area contributed by atoms with E-state index in [-0.39, 0.29) is 0 Å². The Hall–Kier alpha value is -1.13. The predicted octanol–water partition coefficient (Wildman–Crippen LogP) is 2.40. The molecule has 0 amide bonds. The molecule has 0 aromatic carbocycles. The van der Waals surface area contributed by atoms with E-state index in [1.165, 1.54) is 11.3 Å². The molecule has 2 heterocycles. The van der Waals surface area contributed by atoms with Gasteiger partial charge in [0, 0.05) is 11.6 Å². The summed E-state index contributed by atoms with van der Waals surface area (Å²) >= 11 is 7.08. The van der Waals surface area contributed by atoms with Crippen LogP contribution in [0.2, 0.25) is 5.02 Å². The molecule has 0 atom stereocenters. The lowest BCUT2D eigenvalue weighted by Crippen LogP contribution is -1.90. The number of nitrogens with zero attached hydrogens (tertiary/aromatic N) is 2. The maximum absolute atomic E-state index is 10.4. The molecule has 0 aliphatic rings. The van der Waals surface area contributed by atoms with Crippen LogP contribution >= 0.6 is 22.9 Å². The van der Waals surface area contributed by atoms with Gasteiger partial charge in [-0.2, -0.15) is 5.10 Å². The van der Waals surface area contributed by atoms with Gasteiger partial charge in [0.2, 0.25) is 0 Å². The van der Waals surface area contributed by atoms with Crippen LogP contribution in [0.5, 0.6) is 0 Å². The molecule has 66 valence electrons. The van der Waals surface area contributed by atoms with Crippen molar-refractivity contribution in [2.75, 3.05) is 0 Å². The first-order chi connectivity index (χ1) is 6.29. The number of halogens is 1. The topological polar surface area (TPSA) is 34.9 Å². The number of aromatic nitrogens is 2. The average molecular weight is 213 g/mol. The molecule has 0 aliphatic carbocycles. The number of aldehydes is 1. The van der Waals surface area contributed by atoms with Crippen molar-refractivity contribution in [2.24, 2.45) is 0 Å². The fourth-order valence-corrected chi connectivity index (χ4v) is 1.78. The Bertz CT molecular complexity index is 435. The van der Waals surface area contributed by atoms with E-state index in [1.807, 2.05) is 5.38 Å². The summed E-state index contributed by atoms with van der Waals surface area (Å²) in [6, 6.07) is 1.76. The van der Waals surface area contributed by atoms with Crippen LogP contribution in [0, 0.1) is 0 Å². The zero-order valence-electron chi connectivity index (χ0n) is 6.48. The van der Waals surface area contributed by atoms with Gasteiger partial charge >= 0.3 is 0 Å². The first-order valence-electron chi connectivity index (χ1n) is 3.54. The Morgan fingerprint density at radius 1 is 1.62 bits per heavy atom. The minimum atomic E-state index is 0.582. The fourth-order valence-electron chi connectivity index (χ4n) is 0.966. The molecule has 0 radical (unpaired) electrons. The van der Waals surface area contributed by atoms with E-state index in [9.17, 15) is 4.79 Å². The van der Waals surface area contributed by atoms with Gasteiger partial charge in [0.25, 0.3) is 0 Å². The predicted molar refractivity (Wildman–Crippen MR) is 51.8 cm³/mol. The van der Waals surface area contributed by atoms with Crippen molar-refractivity contribution in [3.63, 3.8) is 0 Å². The smallest absolute Gasteiger partial charge is 0.160 e. The van der Waals surface area contributed by atoms with E-state index in [0.29, 0.717) is 9.90 Å². The number of carbonyl (C=O) groups excluding carboxylic acids is 1. The van der Waals surface area contributed by atoms with Gasteiger partial charge in [0.05, 0.1) is 21.8 Å². The Morgan fingerprint density at radius 3 is 3.00 bits per heavy atom. The molecule has 13 heavy (non-hydrogen) atoms. The van der Waals surface area contributed by atoms with Crippen molar-refractivity contribution in [1.82, 2.24) is 9.78 Å². The molecule has 0 unspecified atom stereocenters. The molecule has 0 spiro atoms.